The van der Waals surface area contributed by atoms with Crippen molar-refractivity contribution in [2.75, 3.05) is 12.4 Å². The zero-order chi connectivity index (χ0) is 13.7. The highest BCUT2D eigenvalue weighted by atomic mass is 16.5. The van der Waals surface area contributed by atoms with Gasteiger partial charge in [0.15, 0.2) is 0 Å². The molecular weight excluding hydrogens is 252 g/mol. The monoisotopic (exact) mass is 264 g/mol. The SMILES string of the molecule is COc1cc(NCc2cn(CC(=O)O)nn2)ncn1. The lowest BCUT2D eigenvalue weighted by Crippen LogP contribution is -2.09. The van der Waals surface area contributed by atoms with E-state index in [-0.39, 0.29) is 6.54 Å². The van der Waals surface area contributed by atoms with Crippen molar-refractivity contribution in [3.63, 3.8) is 0 Å². The van der Waals surface area contributed by atoms with Crippen LogP contribution in [-0.4, -0.2) is 43.1 Å². The number of carbonyl (C=O) groups is 1. The summed E-state index contributed by atoms with van der Waals surface area (Å²) in [7, 11) is 1.52. The Bertz CT molecular complexity index is 570. The molecule has 0 amide bonds. The summed E-state index contributed by atoms with van der Waals surface area (Å²) in [5.41, 5.74) is 0.610. The van der Waals surface area contributed by atoms with Crippen LogP contribution in [0.4, 0.5) is 5.82 Å². The van der Waals surface area contributed by atoms with Gasteiger partial charge in [-0.1, -0.05) is 5.21 Å². The first-order valence-corrected chi connectivity index (χ1v) is 5.38. The number of aromatic nitrogens is 5. The number of nitrogens with zero attached hydrogens (tertiary/aromatic N) is 5. The first kappa shape index (κ1) is 12.7. The molecule has 0 atom stereocenters. The van der Waals surface area contributed by atoms with E-state index in [1.807, 2.05) is 0 Å². The number of ether oxygens (including phenoxy) is 1. The fourth-order valence-corrected chi connectivity index (χ4v) is 1.36. The summed E-state index contributed by atoms with van der Waals surface area (Å²) in [6.07, 6.45) is 2.93. The molecule has 0 aromatic carbocycles. The molecule has 0 aliphatic rings. The number of hydrogen-bond donors (Lipinski definition) is 2. The quantitative estimate of drug-likeness (QED) is 0.735. The second-order valence-electron chi connectivity index (χ2n) is 3.60. The first-order chi connectivity index (χ1) is 9.17. The Morgan fingerprint density at radius 3 is 3.11 bits per heavy atom. The third-order valence-corrected chi connectivity index (χ3v) is 2.19. The van der Waals surface area contributed by atoms with E-state index in [2.05, 4.69) is 25.6 Å². The number of methoxy groups -OCH3 is 1. The van der Waals surface area contributed by atoms with Crippen LogP contribution in [0, 0.1) is 0 Å². The molecule has 0 unspecified atom stereocenters. The summed E-state index contributed by atoms with van der Waals surface area (Å²) in [6, 6.07) is 1.64. The fourth-order valence-electron chi connectivity index (χ4n) is 1.36. The van der Waals surface area contributed by atoms with Crippen LogP contribution < -0.4 is 10.1 Å². The second-order valence-corrected chi connectivity index (χ2v) is 3.60. The minimum Gasteiger partial charge on any atom is -0.481 e. The lowest BCUT2D eigenvalue weighted by Gasteiger charge is -2.03. The maximum Gasteiger partial charge on any atom is 0.325 e. The summed E-state index contributed by atoms with van der Waals surface area (Å²) < 4.78 is 6.22. The van der Waals surface area contributed by atoms with Crippen LogP contribution in [0.25, 0.3) is 0 Å². The van der Waals surface area contributed by atoms with Crippen LogP contribution in [0.5, 0.6) is 5.88 Å². The molecule has 9 nitrogen and oxygen atoms in total. The largest absolute Gasteiger partial charge is 0.481 e. The lowest BCUT2D eigenvalue weighted by molar-refractivity contribution is -0.137. The van der Waals surface area contributed by atoms with Crippen molar-refractivity contribution in [2.24, 2.45) is 0 Å². The lowest BCUT2D eigenvalue weighted by atomic mass is 10.4. The second kappa shape index (κ2) is 5.76. The van der Waals surface area contributed by atoms with E-state index in [9.17, 15) is 4.79 Å². The highest BCUT2D eigenvalue weighted by Crippen LogP contribution is 2.10. The van der Waals surface area contributed by atoms with Gasteiger partial charge >= 0.3 is 5.97 Å². The minimum atomic E-state index is -0.968. The highest BCUT2D eigenvalue weighted by Gasteiger charge is 2.05. The van der Waals surface area contributed by atoms with Gasteiger partial charge < -0.3 is 15.2 Å². The standard InChI is InChI=1S/C10H12N6O3/c1-19-9-2-8(12-6-13-9)11-3-7-4-16(15-14-7)5-10(17)18/h2,4,6H,3,5H2,1H3,(H,17,18)(H,11,12,13). The Morgan fingerprint density at radius 1 is 1.53 bits per heavy atom. The van der Waals surface area contributed by atoms with Gasteiger partial charge in [0, 0.05) is 6.07 Å². The number of aliphatic carboxylic acids is 1. The zero-order valence-electron chi connectivity index (χ0n) is 10.1. The van der Waals surface area contributed by atoms with Crippen molar-refractivity contribution in [2.45, 2.75) is 13.1 Å². The van der Waals surface area contributed by atoms with Crippen LogP contribution in [0.15, 0.2) is 18.6 Å². The number of rotatable bonds is 6. The molecule has 2 heterocycles. The molecule has 0 saturated heterocycles. The highest BCUT2D eigenvalue weighted by molar-refractivity contribution is 5.66. The third kappa shape index (κ3) is 3.63. The average molecular weight is 264 g/mol. The van der Waals surface area contributed by atoms with Gasteiger partial charge in [-0.15, -0.1) is 5.10 Å². The number of hydrogen-bond acceptors (Lipinski definition) is 7. The van der Waals surface area contributed by atoms with E-state index in [1.54, 1.807) is 12.3 Å². The Kier molecular flexibility index (Phi) is 3.86. The van der Waals surface area contributed by atoms with E-state index in [1.165, 1.54) is 18.1 Å². The summed E-state index contributed by atoms with van der Waals surface area (Å²) in [6.45, 7) is 0.161. The van der Waals surface area contributed by atoms with Crippen LogP contribution in [0.1, 0.15) is 5.69 Å². The van der Waals surface area contributed by atoms with Crippen molar-refractivity contribution in [3.8, 4) is 5.88 Å². The maximum atomic E-state index is 10.5. The third-order valence-electron chi connectivity index (χ3n) is 2.19. The van der Waals surface area contributed by atoms with Gasteiger partial charge in [0.2, 0.25) is 5.88 Å². The molecule has 0 bridgehead atoms. The molecule has 0 aliphatic carbocycles. The Labute approximate surface area is 108 Å². The molecule has 2 rings (SSSR count). The van der Waals surface area contributed by atoms with Crippen LogP contribution in [-0.2, 0) is 17.9 Å². The molecule has 0 radical (unpaired) electrons. The van der Waals surface area contributed by atoms with Gasteiger partial charge in [0.05, 0.1) is 19.9 Å². The molecule has 2 aromatic rings. The normalized spacial score (nSPS) is 10.2. The average Bonchev–Trinajstić information content (AvgIpc) is 2.83. The minimum absolute atomic E-state index is 0.214. The molecule has 2 N–H and O–H groups in total. The maximum absolute atomic E-state index is 10.5. The molecule has 19 heavy (non-hydrogen) atoms. The first-order valence-electron chi connectivity index (χ1n) is 5.38. The Hall–Kier alpha value is -2.71. The van der Waals surface area contributed by atoms with E-state index in [0.29, 0.717) is 23.9 Å². The van der Waals surface area contributed by atoms with E-state index >= 15 is 0 Å². The van der Waals surface area contributed by atoms with Gasteiger partial charge in [-0.25, -0.2) is 14.6 Å². The van der Waals surface area contributed by atoms with Crippen molar-refractivity contribution < 1.29 is 14.6 Å². The fraction of sp³-hybridized carbons (Fsp3) is 0.300. The molecule has 9 heteroatoms. The van der Waals surface area contributed by atoms with Gasteiger partial charge in [0.25, 0.3) is 0 Å². The van der Waals surface area contributed by atoms with E-state index in [0.717, 1.165) is 0 Å². The van der Waals surface area contributed by atoms with Crippen LogP contribution in [0.2, 0.25) is 0 Å². The number of carboxylic acids is 1. The smallest absolute Gasteiger partial charge is 0.325 e. The molecule has 0 aliphatic heterocycles. The zero-order valence-corrected chi connectivity index (χ0v) is 10.1. The molecule has 2 aromatic heterocycles. The summed E-state index contributed by atoms with van der Waals surface area (Å²) in [5.74, 6) is 0.0663. The molecule has 0 spiro atoms. The van der Waals surface area contributed by atoms with E-state index < -0.39 is 5.97 Å². The predicted octanol–water partition coefficient (Wildman–Crippen LogP) is -0.227. The van der Waals surface area contributed by atoms with Gasteiger partial charge in [-0.05, 0) is 0 Å². The van der Waals surface area contributed by atoms with Crippen molar-refractivity contribution in [1.82, 2.24) is 25.0 Å². The van der Waals surface area contributed by atoms with Crippen LogP contribution in [0.3, 0.4) is 0 Å². The van der Waals surface area contributed by atoms with Gasteiger partial charge in [0.1, 0.15) is 24.4 Å². The van der Waals surface area contributed by atoms with Gasteiger partial charge in [-0.2, -0.15) is 0 Å². The summed E-state index contributed by atoms with van der Waals surface area (Å²) in [4.78, 5) is 18.4. The topological polar surface area (TPSA) is 115 Å². The molecular formula is C10H12N6O3. The molecule has 0 saturated carbocycles. The molecule has 0 fully saturated rings. The van der Waals surface area contributed by atoms with Crippen LogP contribution >= 0.6 is 0 Å². The van der Waals surface area contributed by atoms with E-state index in [4.69, 9.17) is 9.84 Å². The Morgan fingerprint density at radius 2 is 2.37 bits per heavy atom. The predicted molar refractivity (Wildman–Crippen MR) is 63.6 cm³/mol. The van der Waals surface area contributed by atoms with Crippen molar-refractivity contribution >= 4 is 11.8 Å². The molecule has 100 valence electrons. The number of anilines is 1. The summed E-state index contributed by atoms with van der Waals surface area (Å²) in [5, 5.41) is 19.1. The number of nitrogens with one attached hydrogen (secondary N) is 1. The number of carboxylic acid groups (broad SMARTS) is 1. The van der Waals surface area contributed by atoms with Gasteiger partial charge in [-0.3, -0.25) is 4.79 Å². The summed E-state index contributed by atoms with van der Waals surface area (Å²) >= 11 is 0. The van der Waals surface area contributed by atoms with Crippen molar-refractivity contribution in [1.29, 1.82) is 0 Å². The van der Waals surface area contributed by atoms with Crippen molar-refractivity contribution in [3.05, 3.63) is 24.3 Å². The Balaban J connectivity index is 1.94.